The Morgan fingerprint density at radius 2 is 1.80 bits per heavy atom. The zero-order valence-electron chi connectivity index (χ0n) is 15.2. The van der Waals surface area contributed by atoms with Crippen LogP contribution in [0, 0.1) is 11.8 Å². The highest BCUT2D eigenvalue weighted by Crippen LogP contribution is 2.37. The Balaban J connectivity index is 2.36. The second kappa shape index (κ2) is 7.85. The molecule has 0 saturated carbocycles. The molecule has 1 saturated heterocycles. The number of esters is 3. The van der Waals surface area contributed by atoms with Gasteiger partial charge in [0.15, 0.2) is 0 Å². The summed E-state index contributed by atoms with van der Waals surface area (Å²) < 4.78 is 16.3. The topological polar surface area (TPSA) is 78.9 Å². The van der Waals surface area contributed by atoms with E-state index < -0.39 is 24.1 Å². The van der Waals surface area contributed by atoms with Gasteiger partial charge in [-0.1, -0.05) is 19.1 Å². The van der Waals surface area contributed by atoms with Crippen molar-refractivity contribution in [3.8, 4) is 0 Å². The predicted molar refractivity (Wildman–Crippen MR) is 90.4 cm³/mol. The van der Waals surface area contributed by atoms with Crippen molar-refractivity contribution in [3.63, 3.8) is 0 Å². The number of rotatable bonds is 2. The summed E-state index contributed by atoms with van der Waals surface area (Å²) in [6.45, 7) is 10.5. The van der Waals surface area contributed by atoms with Crippen molar-refractivity contribution in [1.29, 1.82) is 0 Å². The number of carbonyl (C=O) groups excluding carboxylic acids is 3. The second-order valence-electron chi connectivity index (χ2n) is 6.91. The Kier molecular flexibility index (Phi) is 6.03. The van der Waals surface area contributed by atoms with Crippen molar-refractivity contribution in [2.24, 2.45) is 11.8 Å². The number of fused-ring (bicyclic) bond motifs is 1. The van der Waals surface area contributed by atoms with E-state index >= 15 is 0 Å². The van der Waals surface area contributed by atoms with Gasteiger partial charge in [0.1, 0.15) is 18.3 Å². The summed E-state index contributed by atoms with van der Waals surface area (Å²) in [7, 11) is 0. The third-order valence-electron chi connectivity index (χ3n) is 4.87. The van der Waals surface area contributed by atoms with Crippen LogP contribution in [-0.4, -0.2) is 36.2 Å². The van der Waals surface area contributed by atoms with Crippen molar-refractivity contribution in [2.45, 2.75) is 65.3 Å². The van der Waals surface area contributed by atoms with E-state index in [9.17, 15) is 14.4 Å². The first-order valence-electron chi connectivity index (χ1n) is 8.60. The predicted octanol–water partition coefficient (Wildman–Crippen LogP) is 2.71. The number of carbonyl (C=O) groups is 3. The van der Waals surface area contributed by atoms with E-state index in [0.29, 0.717) is 24.8 Å². The average Bonchev–Trinajstić information content (AvgIpc) is 2.76. The molecule has 0 aromatic rings. The molecule has 0 amide bonds. The smallest absolute Gasteiger partial charge is 0.309 e. The molecule has 1 aliphatic carbocycles. The molecule has 0 aromatic carbocycles. The summed E-state index contributed by atoms with van der Waals surface area (Å²) in [5.41, 5.74) is 1.61. The van der Waals surface area contributed by atoms with E-state index in [4.69, 9.17) is 14.2 Å². The molecule has 0 unspecified atom stereocenters. The van der Waals surface area contributed by atoms with Crippen LogP contribution in [-0.2, 0) is 28.6 Å². The van der Waals surface area contributed by atoms with Crippen LogP contribution in [0.5, 0.6) is 0 Å². The molecule has 25 heavy (non-hydrogen) atoms. The Hall–Kier alpha value is -2.11. The zero-order valence-corrected chi connectivity index (χ0v) is 15.2. The van der Waals surface area contributed by atoms with Crippen LogP contribution in [0.15, 0.2) is 23.8 Å². The van der Waals surface area contributed by atoms with Gasteiger partial charge in [-0.05, 0) is 32.3 Å². The van der Waals surface area contributed by atoms with E-state index in [1.165, 1.54) is 13.8 Å². The first-order chi connectivity index (χ1) is 11.7. The summed E-state index contributed by atoms with van der Waals surface area (Å²) in [6, 6.07) is 0. The van der Waals surface area contributed by atoms with E-state index in [0.717, 1.165) is 5.57 Å². The van der Waals surface area contributed by atoms with Crippen molar-refractivity contribution < 1.29 is 28.6 Å². The molecular formula is C19H26O6. The van der Waals surface area contributed by atoms with Crippen LogP contribution in [0.1, 0.15) is 47.0 Å². The average molecular weight is 350 g/mol. The molecule has 5 atom stereocenters. The summed E-state index contributed by atoms with van der Waals surface area (Å²) in [6.07, 6.45) is 2.07. The van der Waals surface area contributed by atoms with Gasteiger partial charge in [-0.25, -0.2) is 0 Å². The summed E-state index contributed by atoms with van der Waals surface area (Å²) in [4.78, 5) is 35.0. The van der Waals surface area contributed by atoms with Gasteiger partial charge in [-0.3, -0.25) is 14.4 Å². The first kappa shape index (κ1) is 19.2. The van der Waals surface area contributed by atoms with Crippen LogP contribution >= 0.6 is 0 Å². The minimum Gasteiger partial charge on any atom is -0.458 e. The third-order valence-corrected chi connectivity index (χ3v) is 4.87. The van der Waals surface area contributed by atoms with Crippen LogP contribution in [0.4, 0.5) is 0 Å². The second-order valence-corrected chi connectivity index (χ2v) is 6.91. The van der Waals surface area contributed by atoms with Gasteiger partial charge in [0, 0.05) is 25.3 Å². The Morgan fingerprint density at radius 3 is 2.40 bits per heavy atom. The van der Waals surface area contributed by atoms with E-state index in [2.05, 4.69) is 6.58 Å². The largest absolute Gasteiger partial charge is 0.458 e. The monoisotopic (exact) mass is 350 g/mol. The Bertz CT molecular complexity index is 605. The lowest BCUT2D eigenvalue weighted by molar-refractivity contribution is -0.149. The van der Waals surface area contributed by atoms with Crippen molar-refractivity contribution in [1.82, 2.24) is 0 Å². The maximum atomic E-state index is 12.0. The van der Waals surface area contributed by atoms with E-state index in [1.54, 1.807) is 0 Å². The molecule has 6 heteroatoms. The van der Waals surface area contributed by atoms with Gasteiger partial charge in [-0.2, -0.15) is 0 Å². The molecule has 138 valence electrons. The highest BCUT2D eigenvalue weighted by atomic mass is 16.6. The molecule has 2 aliphatic rings. The molecule has 1 aliphatic heterocycles. The molecule has 0 radical (unpaired) electrons. The van der Waals surface area contributed by atoms with Crippen LogP contribution in [0.3, 0.4) is 0 Å². The summed E-state index contributed by atoms with van der Waals surface area (Å²) >= 11 is 0. The molecule has 1 heterocycles. The first-order valence-corrected chi connectivity index (χ1v) is 8.60. The normalized spacial score (nSPS) is 35.0. The maximum Gasteiger partial charge on any atom is 0.309 e. The lowest BCUT2D eigenvalue weighted by Gasteiger charge is -2.30. The molecule has 0 N–H and O–H groups in total. The molecule has 0 aromatic heterocycles. The summed E-state index contributed by atoms with van der Waals surface area (Å²) in [5.74, 6) is -1.52. The molecule has 2 rings (SSSR count). The fourth-order valence-electron chi connectivity index (χ4n) is 3.46. The van der Waals surface area contributed by atoms with Crippen LogP contribution in [0.2, 0.25) is 0 Å². The van der Waals surface area contributed by atoms with E-state index in [-0.39, 0.29) is 23.9 Å². The molecule has 0 spiro atoms. The number of ether oxygens (including phenoxy) is 3. The van der Waals surface area contributed by atoms with Gasteiger partial charge in [0.25, 0.3) is 0 Å². The van der Waals surface area contributed by atoms with Gasteiger partial charge in [-0.15, -0.1) is 0 Å². The minimum absolute atomic E-state index is 0.125. The zero-order chi connectivity index (χ0) is 18.7. The van der Waals surface area contributed by atoms with Crippen LogP contribution in [0.25, 0.3) is 0 Å². The quantitative estimate of drug-likeness (QED) is 0.433. The molecular weight excluding hydrogens is 324 g/mol. The molecule has 0 bridgehead atoms. The lowest BCUT2D eigenvalue weighted by Crippen LogP contribution is -2.34. The van der Waals surface area contributed by atoms with Crippen molar-refractivity contribution in [3.05, 3.63) is 23.8 Å². The number of hydrogen-bond acceptors (Lipinski definition) is 6. The standard InChI is InChI=1S/C19H26O6/c1-10-6-7-16(23-13(4)20)12(3)17(24-14(5)21)9-15-11(2)19(22)25-18(15)8-10/h8,11,15-18H,3,6-7,9H2,1-2,4-5H3/b10-8+/t11-,15-,16+,17-,18+/m0/s1. The fourth-order valence-corrected chi connectivity index (χ4v) is 3.46. The van der Waals surface area contributed by atoms with E-state index in [1.807, 2.05) is 19.9 Å². The lowest BCUT2D eigenvalue weighted by atomic mass is 9.82. The van der Waals surface area contributed by atoms with Gasteiger partial charge in [0.2, 0.25) is 0 Å². The summed E-state index contributed by atoms with van der Waals surface area (Å²) in [5, 5.41) is 0. The minimum atomic E-state index is -0.627. The van der Waals surface area contributed by atoms with Gasteiger partial charge in [0.05, 0.1) is 5.92 Å². The highest BCUT2D eigenvalue weighted by molar-refractivity contribution is 5.75. The van der Waals surface area contributed by atoms with Crippen molar-refractivity contribution >= 4 is 17.9 Å². The number of allylic oxidation sites excluding steroid dienone is 1. The van der Waals surface area contributed by atoms with Crippen molar-refractivity contribution in [2.75, 3.05) is 0 Å². The van der Waals surface area contributed by atoms with Crippen LogP contribution < -0.4 is 0 Å². The SMILES string of the molecule is C=C1[C@@H](OC(C)=O)C[C@H]2[C@H](C)C(=O)O[C@@H]2/C=C(\C)CC[C@H]1OC(C)=O. The Morgan fingerprint density at radius 1 is 1.20 bits per heavy atom. The highest BCUT2D eigenvalue weighted by Gasteiger charge is 2.43. The maximum absolute atomic E-state index is 12.0. The Labute approximate surface area is 148 Å². The fraction of sp³-hybridized carbons (Fsp3) is 0.632. The van der Waals surface area contributed by atoms with Gasteiger partial charge < -0.3 is 14.2 Å². The molecule has 6 nitrogen and oxygen atoms in total. The number of hydrogen-bond donors (Lipinski definition) is 0. The molecule has 1 fully saturated rings. The van der Waals surface area contributed by atoms with Gasteiger partial charge >= 0.3 is 17.9 Å². The third kappa shape index (κ3) is 4.71.